The van der Waals surface area contributed by atoms with Crippen molar-refractivity contribution in [1.29, 1.82) is 0 Å². The van der Waals surface area contributed by atoms with Crippen molar-refractivity contribution in [2.24, 2.45) is 7.05 Å². The molecule has 0 unspecified atom stereocenters. The maximum atomic E-state index is 13.2. The summed E-state index contributed by atoms with van der Waals surface area (Å²) in [6.07, 6.45) is -0.0170. The summed E-state index contributed by atoms with van der Waals surface area (Å²) in [6, 6.07) is 3.69. The summed E-state index contributed by atoms with van der Waals surface area (Å²) >= 11 is 6.46. The predicted molar refractivity (Wildman–Crippen MR) is 125 cm³/mol. The van der Waals surface area contributed by atoms with E-state index < -0.39 is 0 Å². The van der Waals surface area contributed by atoms with Crippen LogP contribution in [-0.4, -0.2) is 61.3 Å². The molecule has 9 heteroatoms. The van der Waals surface area contributed by atoms with Gasteiger partial charge in [0.2, 0.25) is 5.88 Å². The van der Waals surface area contributed by atoms with Crippen LogP contribution in [0.3, 0.4) is 0 Å². The molecule has 8 nitrogen and oxygen atoms in total. The first-order chi connectivity index (χ1) is 15.3. The zero-order valence-corrected chi connectivity index (χ0v) is 20.5. The van der Waals surface area contributed by atoms with Crippen LogP contribution in [0, 0.1) is 13.8 Å². The second-order valence-corrected chi connectivity index (χ2v) is 8.30. The normalized spacial score (nSPS) is 18.1. The summed E-state index contributed by atoms with van der Waals surface area (Å²) in [5, 5.41) is 7.87. The third kappa shape index (κ3) is 4.87. The summed E-state index contributed by atoms with van der Waals surface area (Å²) in [4.78, 5) is 15.4. The van der Waals surface area contributed by atoms with Crippen molar-refractivity contribution in [1.82, 2.24) is 15.1 Å². The van der Waals surface area contributed by atoms with Crippen molar-refractivity contribution in [3.05, 3.63) is 39.5 Å². The van der Waals surface area contributed by atoms with Crippen LogP contribution in [0.25, 0.3) is 0 Å². The Bertz CT molecular complexity index is 962. The summed E-state index contributed by atoms with van der Waals surface area (Å²) < 4.78 is 18.7. The smallest absolute Gasteiger partial charge is 0.251 e. The number of aromatic nitrogens is 2. The van der Waals surface area contributed by atoms with Crippen molar-refractivity contribution in [3.63, 3.8) is 0 Å². The van der Waals surface area contributed by atoms with Crippen LogP contribution in [0.5, 0.6) is 5.88 Å². The number of aryl methyl sites for hydroxylation is 2. The Balaban J connectivity index is 1.86. The number of likely N-dealkylation sites (N-methyl/N-ethyl adjacent to an activating group) is 1. The molecule has 1 aromatic carbocycles. The Morgan fingerprint density at radius 3 is 2.75 bits per heavy atom. The van der Waals surface area contributed by atoms with E-state index in [1.54, 1.807) is 17.9 Å². The van der Waals surface area contributed by atoms with Gasteiger partial charge in [0, 0.05) is 36.5 Å². The Morgan fingerprint density at radius 2 is 2.09 bits per heavy atom. The number of nitrogens with one attached hydrogen (secondary N) is 1. The molecule has 1 aliphatic heterocycles. The molecule has 176 valence electrons. The zero-order valence-electron chi connectivity index (χ0n) is 19.7. The minimum atomic E-state index is -0.198. The molecule has 1 aliphatic rings. The van der Waals surface area contributed by atoms with E-state index in [-0.39, 0.29) is 18.1 Å². The van der Waals surface area contributed by atoms with E-state index in [0.29, 0.717) is 42.8 Å². The number of halogens is 1. The number of benzene rings is 1. The molecule has 1 amide bonds. The summed E-state index contributed by atoms with van der Waals surface area (Å²) in [5.74, 6) is 0.434. The molecular formula is C23H33ClN4O4. The highest BCUT2D eigenvalue weighted by Gasteiger charge is 2.34. The molecule has 0 aliphatic carbocycles. The van der Waals surface area contributed by atoms with E-state index in [1.165, 1.54) is 0 Å². The molecule has 2 aromatic rings. The maximum Gasteiger partial charge on any atom is 0.251 e. The Morgan fingerprint density at radius 1 is 1.34 bits per heavy atom. The van der Waals surface area contributed by atoms with Gasteiger partial charge in [-0.25, -0.2) is 4.68 Å². The first-order valence-corrected chi connectivity index (χ1v) is 11.3. The van der Waals surface area contributed by atoms with Gasteiger partial charge in [0.15, 0.2) is 0 Å². The average Bonchev–Trinajstić information content (AvgIpc) is 3.32. The Kier molecular flexibility index (Phi) is 8.03. The molecule has 0 radical (unpaired) electrons. The number of hydrogen-bond donors (Lipinski definition) is 1. The maximum absolute atomic E-state index is 13.2. The lowest BCUT2D eigenvalue weighted by atomic mass is 10.0. The fourth-order valence-electron chi connectivity index (χ4n) is 4.37. The molecule has 0 saturated carbocycles. The molecule has 0 spiro atoms. The third-order valence-electron chi connectivity index (χ3n) is 5.93. The van der Waals surface area contributed by atoms with E-state index >= 15 is 0 Å². The van der Waals surface area contributed by atoms with Gasteiger partial charge in [0.05, 0.1) is 44.2 Å². The van der Waals surface area contributed by atoms with Crippen LogP contribution in [0.2, 0.25) is 5.02 Å². The van der Waals surface area contributed by atoms with Gasteiger partial charge in [-0.3, -0.25) is 4.79 Å². The number of carbonyl (C=O) groups is 1. The van der Waals surface area contributed by atoms with Gasteiger partial charge >= 0.3 is 0 Å². The molecule has 1 N–H and O–H groups in total. The number of anilines is 1. The van der Waals surface area contributed by atoms with Crippen LogP contribution in [-0.2, 0) is 23.1 Å². The molecule has 2 heterocycles. The number of ether oxygens (including phenoxy) is 3. The first kappa shape index (κ1) is 24.4. The fourth-order valence-corrected chi connectivity index (χ4v) is 4.59. The molecule has 0 bridgehead atoms. The van der Waals surface area contributed by atoms with Crippen LogP contribution in [0.1, 0.15) is 41.0 Å². The van der Waals surface area contributed by atoms with E-state index in [9.17, 15) is 4.79 Å². The van der Waals surface area contributed by atoms with E-state index in [2.05, 4.69) is 22.2 Å². The summed E-state index contributed by atoms with van der Waals surface area (Å²) in [7, 11) is 3.41. The number of nitrogens with zero attached hydrogens (tertiary/aromatic N) is 3. The fraction of sp³-hybridized carbons (Fsp3) is 0.565. The van der Waals surface area contributed by atoms with E-state index in [0.717, 1.165) is 29.1 Å². The van der Waals surface area contributed by atoms with Gasteiger partial charge in [-0.05, 0) is 45.4 Å². The third-order valence-corrected chi connectivity index (χ3v) is 6.15. The van der Waals surface area contributed by atoms with Crippen LogP contribution in [0.4, 0.5) is 5.69 Å². The Labute approximate surface area is 194 Å². The highest BCUT2D eigenvalue weighted by molar-refractivity contribution is 6.31. The van der Waals surface area contributed by atoms with Gasteiger partial charge in [-0.15, -0.1) is 0 Å². The lowest BCUT2D eigenvalue weighted by molar-refractivity contribution is 0.0449. The van der Waals surface area contributed by atoms with E-state index in [1.807, 2.05) is 33.9 Å². The zero-order chi connectivity index (χ0) is 23.4. The minimum Gasteiger partial charge on any atom is -0.481 e. The Hall–Kier alpha value is -2.29. The van der Waals surface area contributed by atoms with E-state index in [4.69, 9.17) is 25.8 Å². The lowest BCUT2D eigenvalue weighted by Gasteiger charge is -2.34. The summed E-state index contributed by atoms with van der Waals surface area (Å²) in [6.45, 7) is 10.7. The van der Waals surface area contributed by atoms with Crippen molar-refractivity contribution >= 4 is 23.2 Å². The standard InChI is InChI=1S/C23H33ClN4O4/c1-7-28(20-12-31-13-21(20)32-8-2)19-10-16(24)9-17(14(19)3)22(29)25-11-18-15(4)26-27(5)23(18)30-6/h9-10,20-21H,7-8,11-13H2,1-6H3,(H,25,29)/t20-,21-/m1/s1. The number of hydrogen-bond acceptors (Lipinski definition) is 6. The number of rotatable bonds is 9. The van der Waals surface area contributed by atoms with Gasteiger partial charge < -0.3 is 24.4 Å². The highest BCUT2D eigenvalue weighted by atomic mass is 35.5. The molecule has 2 atom stereocenters. The quantitative estimate of drug-likeness (QED) is 0.613. The van der Waals surface area contributed by atoms with Gasteiger partial charge in [-0.2, -0.15) is 5.10 Å². The molecular weight excluding hydrogens is 432 g/mol. The first-order valence-electron chi connectivity index (χ1n) is 10.9. The summed E-state index contributed by atoms with van der Waals surface area (Å²) in [5.41, 5.74) is 3.99. The van der Waals surface area contributed by atoms with Crippen molar-refractivity contribution < 1.29 is 19.0 Å². The monoisotopic (exact) mass is 464 g/mol. The number of carbonyl (C=O) groups excluding carboxylic acids is 1. The van der Waals surface area contributed by atoms with Crippen molar-refractivity contribution in [3.8, 4) is 5.88 Å². The number of methoxy groups -OCH3 is 1. The molecule has 1 saturated heterocycles. The van der Waals surface area contributed by atoms with Crippen LogP contribution >= 0.6 is 11.6 Å². The highest BCUT2D eigenvalue weighted by Crippen LogP contribution is 2.32. The molecule has 32 heavy (non-hydrogen) atoms. The van der Waals surface area contributed by atoms with Gasteiger partial charge in [-0.1, -0.05) is 11.6 Å². The topological polar surface area (TPSA) is 77.9 Å². The number of amides is 1. The SMILES string of the molecule is CCO[C@@H]1COC[C@H]1N(CC)c1cc(Cl)cc(C(=O)NCc2c(C)nn(C)c2OC)c1C. The second-order valence-electron chi connectivity index (χ2n) is 7.86. The minimum absolute atomic E-state index is 0.0170. The largest absolute Gasteiger partial charge is 0.481 e. The lowest BCUT2D eigenvalue weighted by Crippen LogP contribution is -2.45. The molecule has 1 fully saturated rings. The second kappa shape index (κ2) is 10.6. The van der Waals surface area contributed by atoms with Crippen LogP contribution < -0.4 is 15.0 Å². The van der Waals surface area contributed by atoms with Crippen molar-refractivity contribution in [2.75, 3.05) is 38.4 Å². The molecule has 1 aromatic heterocycles. The van der Waals surface area contributed by atoms with Crippen molar-refractivity contribution in [2.45, 2.75) is 46.4 Å². The van der Waals surface area contributed by atoms with Crippen LogP contribution in [0.15, 0.2) is 12.1 Å². The van der Waals surface area contributed by atoms with Gasteiger partial charge in [0.1, 0.15) is 6.10 Å². The van der Waals surface area contributed by atoms with Gasteiger partial charge in [0.25, 0.3) is 5.91 Å². The average molecular weight is 465 g/mol. The predicted octanol–water partition coefficient (Wildman–Crippen LogP) is 3.26. The molecule has 3 rings (SSSR count).